The smallest absolute Gasteiger partial charge is 0.127 e. The molecule has 0 radical (unpaired) electrons. The molecule has 0 aliphatic carbocycles. The fourth-order valence-electron chi connectivity index (χ4n) is 2.34. The van der Waals surface area contributed by atoms with Crippen LogP contribution in [0.4, 0.5) is 0 Å². The van der Waals surface area contributed by atoms with Crippen molar-refractivity contribution in [3.05, 3.63) is 0 Å². The summed E-state index contributed by atoms with van der Waals surface area (Å²) in [4.78, 5) is 13.4. The van der Waals surface area contributed by atoms with Crippen LogP contribution in [0, 0.1) is 11.3 Å². The lowest BCUT2D eigenvalue weighted by Crippen LogP contribution is -2.43. The number of rotatable bonds is 5. The van der Waals surface area contributed by atoms with Gasteiger partial charge in [0.1, 0.15) is 6.29 Å². The van der Waals surface area contributed by atoms with Crippen LogP contribution in [0.3, 0.4) is 0 Å². The quantitative estimate of drug-likeness (QED) is 0.727. The summed E-state index contributed by atoms with van der Waals surface area (Å²) in [5.41, 5.74) is -0.197. The highest BCUT2D eigenvalue weighted by Crippen LogP contribution is 2.25. The Hall–Kier alpha value is -0.410. The van der Waals surface area contributed by atoms with Crippen molar-refractivity contribution in [3.8, 4) is 0 Å². The summed E-state index contributed by atoms with van der Waals surface area (Å²) in [6, 6.07) is 0. The van der Waals surface area contributed by atoms with Gasteiger partial charge in [0.05, 0.1) is 6.10 Å². The zero-order valence-electron chi connectivity index (χ0n) is 10.8. The number of nitrogens with zero attached hydrogens (tertiary/aromatic N) is 1. The topological polar surface area (TPSA) is 40.5 Å². The van der Waals surface area contributed by atoms with Crippen molar-refractivity contribution in [1.82, 2.24) is 4.90 Å². The summed E-state index contributed by atoms with van der Waals surface area (Å²) in [7, 11) is 0. The molecule has 3 heteroatoms. The number of aldehydes is 1. The number of hydrogen-bond donors (Lipinski definition) is 1. The van der Waals surface area contributed by atoms with Crippen LogP contribution in [0.5, 0.6) is 0 Å². The predicted molar refractivity (Wildman–Crippen MR) is 65.3 cm³/mol. The molecule has 2 unspecified atom stereocenters. The Balaban J connectivity index is 2.40. The number of piperidine rings is 1. The molecule has 94 valence electrons. The first-order valence-corrected chi connectivity index (χ1v) is 6.37. The second kappa shape index (κ2) is 5.78. The lowest BCUT2D eigenvalue weighted by Gasteiger charge is -2.37. The zero-order chi connectivity index (χ0) is 12.2. The van der Waals surface area contributed by atoms with Crippen LogP contribution in [-0.4, -0.2) is 42.0 Å². The molecule has 1 rings (SSSR count). The zero-order valence-corrected chi connectivity index (χ0v) is 10.8. The first-order valence-electron chi connectivity index (χ1n) is 6.37. The first-order chi connectivity index (χ1) is 7.50. The summed E-state index contributed by atoms with van der Waals surface area (Å²) < 4.78 is 0. The van der Waals surface area contributed by atoms with E-state index >= 15 is 0 Å². The first kappa shape index (κ1) is 13.7. The van der Waals surface area contributed by atoms with Gasteiger partial charge in [0.25, 0.3) is 0 Å². The fourth-order valence-corrected chi connectivity index (χ4v) is 2.34. The molecule has 0 amide bonds. The molecule has 1 saturated heterocycles. The van der Waals surface area contributed by atoms with Gasteiger partial charge in [0.15, 0.2) is 0 Å². The van der Waals surface area contributed by atoms with E-state index in [-0.39, 0.29) is 11.5 Å². The number of likely N-dealkylation sites (tertiary alicyclic amines) is 1. The van der Waals surface area contributed by atoms with Gasteiger partial charge in [-0.3, -0.25) is 0 Å². The highest BCUT2D eigenvalue weighted by Gasteiger charge is 2.28. The summed E-state index contributed by atoms with van der Waals surface area (Å²) in [5.74, 6) is 0.445. The predicted octanol–water partition coefficient (Wildman–Crippen LogP) is 1.69. The molecule has 1 aliphatic rings. The maximum atomic E-state index is 11.0. The van der Waals surface area contributed by atoms with E-state index in [0.29, 0.717) is 5.92 Å². The number of carbonyl (C=O) groups is 1. The molecule has 1 fully saturated rings. The molecule has 16 heavy (non-hydrogen) atoms. The van der Waals surface area contributed by atoms with Crippen molar-refractivity contribution >= 4 is 6.29 Å². The molecule has 1 heterocycles. The van der Waals surface area contributed by atoms with Crippen molar-refractivity contribution in [1.29, 1.82) is 0 Å². The minimum absolute atomic E-state index is 0.189. The molecule has 3 nitrogen and oxygen atoms in total. The van der Waals surface area contributed by atoms with Crippen molar-refractivity contribution in [3.63, 3.8) is 0 Å². The number of aliphatic hydroxyl groups is 1. The van der Waals surface area contributed by atoms with Crippen molar-refractivity contribution in [2.24, 2.45) is 11.3 Å². The summed E-state index contributed by atoms with van der Waals surface area (Å²) in [5, 5.41) is 9.51. The summed E-state index contributed by atoms with van der Waals surface area (Å²) >= 11 is 0. The maximum absolute atomic E-state index is 11.0. The third-order valence-corrected chi connectivity index (χ3v) is 3.99. The van der Waals surface area contributed by atoms with E-state index < -0.39 is 0 Å². The molecule has 1 aliphatic heterocycles. The van der Waals surface area contributed by atoms with E-state index in [0.717, 1.165) is 45.2 Å². The van der Waals surface area contributed by atoms with Crippen LogP contribution in [-0.2, 0) is 4.79 Å². The second-order valence-corrected chi connectivity index (χ2v) is 5.48. The molecule has 0 saturated carbocycles. The Labute approximate surface area is 98.8 Å². The van der Waals surface area contributed by atoms with Gasteiger partial charge in [0, 0.05) is 12.0 Å². The normalized spacial score (nSPS) is 25.0. The second-order valence-electron chi connectivity index (χ2n) is 5.48. The Bertz CT molecular complexity index is 222. The molecule has 0 spiro atoms. The Morgan fingerprint density at radius 1 is 1.50 bits per heavy atom. The molecule has 2 atom stereocenters. The van der Waals surface area contributed by atoms with Crippen LogP contribution >= 0.6 is 0 Å². The summed E-state index contributed by atoms with van der Waals surface area (Å²) in [6.07, 6.45) is 3.90. The minimum atomic E-state index is -0.197. The van der Waals surface area contributed by atoms with Crippen LogP contribution in [0.1, 0.15) is 40.0 Å². The SMILES string of the molecule is CCC(C)(C=O)CN1CCC(C(C)O)CC1. The van der Waals surface area contributed by atoms with Gasteiger partial charge in [-0.15, -0.1) is 0 Å². The van der Waals surface area contributed by atoms with Crippen LogP contribution in [0.15, 0.2) is 0 Å². The van der Waals surface area contributed by atoms with E-state index in [9.17, 15) is 9.90 Å². The average molecular weight is 227 g/mol. The minimum Gasteiger partial charge on any atom is -0.393 e. The molecular formula is C13H25NO2. The highest BCUT2D eigenvalue weighted by atomic mass is 16.3. The van der Waals surface area contributed by atoms with Crippen LogP contribution in [0.2, 0.25) is 0 Å². The highest BCUT2D eigenvalue weighted by molar-refractivity contribution is 5.58. The van der Waals surface area contributed by atoms with E-state index in [4.69, 9.17) is 0 Å². The number of carbonyl (C=O) groups excluding carboxylic acids is 1. The largest absolute Gasteiger partial charge is 0.393 e. The Morgan fingerprint density at radius 2 is 2.06 bits per heavy atom. The molecule has 0 aromatic carbocycles. The van der Waals surface area contributed by atoms with Crippen molar-refractivity contribution in [2.45, 2.75) is 46.1 Å². The van der Waals surface area contributed by atoms with Gasteiger partial charge in [-0.25, -0.2) is 0 Å². The van der Waals surface area contributed by atoms with Crippen LogP contribution in [0.25, 0.3) is 0 Å². The van der Waals surface area contributed by atoms with E-state index in [1.54, 1.807) is 0 Å². The van der Waals surface area contributed by atoms with Crippen molar-refractivity contribution < 1.29 is 9.90 Å². The maximum Gasteiger partial charge on any atom is 0.127 e. The standard InChI is InChI=1S/C13H25NO2/c1-4-13(3,10-15)9-14-7-5-12(6-8-14)11(2)16/h10-12,16H,4-9H2,1-3H3. The molecule has 1 N–H and O–H groups in total. The number of hydrogen-bond acceptors (Lipinski definition) is 3. The lowest BCUT2D eigenvalue weighted by atomic mass is 9.86. The fraction of sp³-hybridized carbons (Fsp3) is 0.923. The Kier molecular flexibility index (Phi) is 4.93. The monoisotopic (exact) mass is 227 g/mol. The van der Waals surface area contributed by atoms with Gasteiger partial charge >= 0.3 is 0 Å². The third-order valence-electron chi connectivity index (χ3n) is 3.99. The lowest BCUT2D eigenvalue weighted by molar-refractivity contribution is -0.116. The van der Waals surface area contributed by atoms with E-state index in [2.05, 4.69) is 11.8 Å². The van der Waals surface area contributed by atoms with Gasteiger partial charge in [-0.05, 0) is 45.2 Å². The third kappa shape index (κ3) is 3.56. The summed E-state index contributed by atoms with van der Waals surface area (Å²) in [6.45, 7) is 8.86. The van der Waals surface area contributed by atoms with Gasteiger partial charge in [-0.1, -0.05) is 13.8 Å². The van der Waals surface area contributed by atoms with Gasteiger partial charge in [0.2, 0.25) is 0 Å². The van der Waals surface area contributed by atoms with Crippen molar-refractivity contribution in [2.75, 3.05) is 19.6 Å². The Morgan fingerprint density at radius 3 is 2.44 bits per heavy atom. The van der Waals surface area contributed by atoms with Crippen LogP contribution < -0.4 is 0 Å². The average Bonchev–Trinajstić information content (AvgIpc) is 2.29. The molecule has 0 aromatic heterocycles. The molecular weight excluding hydrogens is 202 g/mol. The van der Waals surface area contributed by atoms with Gasteiger partial charge in [-0.2, -0.15) is 0 Å². The molecule has 0 aromatic rings. The molecule has 0 bridgehead atoms. The van der Waals surface area contributed by atoms with E-state index in [1.807, 2.05) is 13.8 Å². The van der Waals surface area contributed by atoms with E-state index in [1.165, 1.54) is 0 Å². The van der Waals surface area contributed by atoms with Gasteiger partial charge < -0.3 is 14.8 Å². The number of aliphatic hydroxyl groups excluding tert-OH is 1.